The van der Waals surface area contributed by atoms with E-state index in [0.29, 0.717) is 48.4 Å². The zero-order valence-electron chi connectivity index (χ0n) is 16.4. The lowest BCUT2D eigenvalue weighted by atomic mass is 10.2. The highest BCUT2D eigenvalue weighted by Crippen LogP contribution is 2.32. The van der Waals surface area contributed by atoms with Crippen molar-refractivity contribution in [1.82, 2.24) is 0 Å². The Kier molecular flexibility index (Phi) is 6.48. The van der Waals surface area contributed by atoms with Gasteiger partial charge in [-0.15, -0.1) is 0 Å². The van der Waals surface area contributed by atoms with Crippen LogP contribution >= 0.6 is 0 Å². The number of hydrogen-bond acceptors (Lipinski definition) is 6. The van der Waals surface area contributed by atoms with Gasteiger partial charge in [0, 0.05) is 11.8 Å². The van der Waals surface area contributed by atoms with Crippen LogP contribution in [0.4, 0.5) is 11.4 Å². The van der Waals surface area contributed by atoms with Crippen LogP contribution < -0.4 is 23.8 Å². The fraction of sp³-hybridized carbons (Fsp3) is 0.350. The highest BCUT2D eigenvalue weighted by atomic mass is 32.2. The van der Waals surface area contributed by atoms with Crippen LogP contribution in [0, 0.1) is 0 Å². The lowest BCUT2D eigenvalue weighted by Crippen LogP contribution is -2.37. The molecule has 0 bridgehead atoms. The maximum Gasteiger partial charge on any atom is 0.245 e. The summed E-state index contributed by atoms with van der Waals surface area (Å²) in [6, 6.07) is 11.6. The molecule has 0 aliphatic carbocycles. The number of ether oxygens (including phenoxy) is 3. The first-order valence-electron chi connectivity index (χ1n) is 9.27. The molecule has 2 aromatic carbocycles. The second-order valence-corrected chi connectivity index (χ2v) is 8.43. The van der Waals surface area contributed by atoms with E-state index in [1.165, 1.54) is 0 Å². The van der Waals surface area contributed by atoms with Gasteiger partial charge in [0.15, 0.2) is 11.5 Å². The summed E-state index contributed by atoms with van der Waals surface area (Å²) in [7, 11) is -3.66. The maximum atomic E-state index is 12.5. The van der Waals surface area contributed by atoms with Crippen molar-refractivity contribution in [3.8, 4) is 17.2 Å². The molecule has 29 heavy (non-hydrogen) atoms. The van der Waals surface area contributed by atoms with Gasteiger partial charge in [-0.2, -0.15) is 0 Å². The number of rotatable bonds is 8. The number of benzene rings is 2. The monoisotopic (exact) mass is 420 g/mol. The van der Waals surface area contributed by atoms with Crippen molar-refractivity contribution in [3.05, 3.63) is 42.5 Å². The predicted molar refractivity (Wildman–Crippen MR) is 110 cm³/mol. The van der Waals surface area contributed by atoms with E-state index in [1.807, 2.05) is 6.92 Å². The van der Waals surface area contributed by atoms with E-state index in [2.05, 4.69) is 5.32 Å². The maximum absolute atomic E-state index is 12.5. The Balaban J connectivity index is 1.71. The third-order valence-electron chi connectivity index (χ3n) is 4.11. The van der Waals surface area contributed by atoms with Crippen molar-refractivity contribution in [2.24, 2.45) is 0 Å². The first-order valence-corrected chi connectivity index (χ1v) is 11.1. The van der Waals surface area contributed by atoms with Gasteiger partial charge < -0.3 is 19.5 Å². The summed E-state index contributed by atoms with van der Waals surface area (Å²) in [5, 5.41) is 2.70. The van der Waals surface area contributed by atoms with Crippen molar-refractivity contribution >= 4 is 27.3 Å². The molecule has 3 rings (SSSR count). The van der Waals surface area contributed by atoms with Crippen LogP contribution in [0.5, 0.6) is 17.2 Å². The number of nitrogens with one attached hydrogen (secondary N) is 1. The second-order valence-electron chi connectivity index (χ2n) is 6.52. The number of sulfonamides is 1. The Hall–Kier alpha value is -2.94. The molecule has 0 fully saturated rings. The van der Waals surface area contributed by atoms with Gasteiger partial charge in [0.05, 0.1) is 18.6 Å². The van der Waals surface area contributed by atoms with Gasteiger partial charge in [-0.1, -0.05) is 6.92 Å². The molecule has 1 aliphatic heterocycles. The molecule has 1 aliphatic rings. The van der Waals surface area contributed by atoms with Crippen molar-refractivity contribution in [2.45, 2.75) is 13.3 Å². The SMILES string of the molecule is CCCOc1ccc(N(CC(=O)Nc2ccc3c(c2)OCCO3)S(C)(=O)=O)cc1. The van der Waals surface area contributed by atoms with Gasteiger partial charge >= 0.3 is 0 Å². The van der Waals surface area contributed by atoms with E-state index in [1.54, 1.807) is 42.5 Å². The number of amides is 1. The summed E-state index contributed by atoms with van der Waals surface area (Å²) in [6.45, 7) is 3.13. The minimum absolute atomic E-state index is 0.359. The number of anilines is 2. The first-order chi connectivity index (χ1) is 13.9. The van der Waals surface area contributed by atoms with Gasteiger partial charge in [0.25, 0.3) is 0 Å². The largest absolute Gasteiger partial charge is 0.494 e. The topological polar surface area (TPSA) is 94.2 Å². The molecule has 2 aromatic rings. The molecule has 1 heterocycles. The molecule has 1 amide bonds. The van der Waals surface area contributed by atoms with E-state index in [4.69, 9.17) is 14.2 Å². The molecule has 156 valence electrons. The predicted octanol–water partition coefficient (Wildman–Crippen LogP) is 2.65. The van der Waals surface area contributed by atoms with Crippen molar-refractivity contribution in [3.63, 3.8) is 0 Å². The quantitative estimate of drug-likeness (QED) is 0.706. The van der Waals surface area contributed by atoms with E-state index >= 15 is 0 Å². The number of nitrogens with zero attached hydrogens (tertiary/aromatic N) is 1. The van der Waals surface area contributed by atoms with E-state index in [-0.39, 0.29) is 6.54 Å². The molecule has 0 atom stereocenters. The Morgan fingerprint density at radius 3 is 2.45 bits per heavy atom. The third-order valence-corrected chi connectivity index (χ3v) is 5.25. The highest BCUT2D eigenvalue weighted by Gasteiger charge is 2.21. The summed E-state index contributed by atoms with van der Waals surface area (Å²) in [6.07, 6.45) is 1.93. The van der Waals surface area contributed by atoms with E-state index in [0.717, 1.165) is 17.0 Å². The molecule has 1 N–H and O–H groups in total. The minimum atomic E-state index is -3.66. The average Bonchev–Trinajstić information content (AvgIpc) is 2.70. The number of carbonyl (C=O) groups is 1. The Labute approximate surface area is 170 Å². The van der Waals surface area contributed by atoms with Crippen LogP contribution in [0.1, 0.15) is 13.3 Å². The zero-order chi connectivity index (χ0) is 20.9. The molecule has 0 radical (unpaired) electrons. The Morgan fingerprint density at radius 1 is 1.10 bits per heavy atom. The molecule has 0 spiro atoms. The van der Waals surface area contributed by atoms with Crippen molar-refractivity contribution < 1.29 is 27.4 Å². The standard InChI is InChI=1S/C20H24N2O6S/c1-3-10-26-17-7-5-16(6-8-17)22(29(2,24)25)14-20(23)21-15-4-9-18-19(13-15)28-12-11-27-18/h4-9,13H,3,10-12,14H2,1-2H3,(H,21,23). The second kappa shape index (κ2) is 9.04. The van der Waals surface area contributed by atoms with Crippen LogP contribution in [0.25, 0.3) is 0 Å². The molecular weight excluding hydrogens is 396 g/mol. The molecule has 9 heteroatoms. The summed E-state index contributed by atoms with van der Waals surface area (Å²) in [4.78, 5) is 12.5. The lowest BCUT2D eigenvalue weighted by molar-refractivity contribution is -0.114. The smallest absolute Gasteiger partial charge is 0.245 e. The molecule has 8 nitrogen and oxygen atoms in total. The molecule has 0 aromatic heterocycles. The van der Waals surface area contributed by atoms with Gasteiger partial charge in [-0.05, 0) is 42.8 Å². The van der Waals surface area contributed by atoms with Gasteiger partial charge in [-0.3, -0.25) is 9.10 Å². The van der Waals surface area contributed by atoms with Crippen LogP contribution in [-0.4, -0.2) is 46.9 Å². The summed E-state index contributed by atoms with van der Waals surface area (Å²) >= 11 is 0. The van der Waals surface area contributed by atoms with Crippen LogP contribution in [-0.2, 0) is 14.8 Å². The van der Waals surface area contributed by atoms with E-state index in [9.17, 15) is 13.2 Å². The minimum Gasteiger partial charge on any atom is -0.494 e. The zero-order valence-corrected chi connectivity index (χ0v) is 17.2. The van der Waals surface area contributed by atoms with E-state index < -0.39 is 15.9 Å². The lowest BCUT2D eigenvalue weighted by Gasteiger charge is -2.22. The highest BCUT2D eigenvalue weighted by molar-refractivity contribution is 7.92. The van der Waals surface area contributed by atoms with Crippen molar-refractivity contribution in [2.75, 3.05) is 42.2 Å². The van der Waals surface area contributed by atoms with Gasteiger partial charge in [0.2, 0.25) is 15.9 Å². The summed E-state index contributed by atoms with van der Waals surface area (Å²) in [5.74, 6) is 1.32. The molecule has 0 unspecified atom stereocenters. The molecule has 0 saturated heterocycles. The number of fused-ring (bicyclic) bond motifs is 1. The fourth-order valence-corrected chi connectivity index (χ4v) is 3.64. The van der Waals surface area contributed by atoms with Gasteiger partial charge in [-0.25, -0.2) is 8.42 Å². The van der Waals surface area contributed by atoms with Crippen molar-refractivity contribution in [1.29, 1.82) is 0 Å². The summed E-state index contributed by atoms with van der Waals surface area (Å²) in [5.41, 5.74) is 0.879. The molecular formula is C20H24N2O6S. The van der Waals surface area contributed by atoms with Crippen LogP contribution in [0.15, 0.2) is 42.5 Å². The average molecular weight is 420 g/mol. The number of hydrogen-bond donors (Lipinski definition) is 1. The molecule has 0 saturated carbocycles. The van der Waals surface area contributed by atoms with Gasteiger partial charge in [0.1, 0.15) is 25.5 Å². The third kappa shape index (κ3) is 5.54. The Morgan fingerprint density at radius 2 is 1.79 bits per heavy atom. The Bertz CT molecular complexity index is 959. The van der Waals surface area contributed by atoms with Crippen LogP contribution in [0.2, 0.25) is 0 Å². The normalized spacial score (nSPS) is 12.9. The first kappa shape index (κ1) is 20.8. The number of carbonyl (C=O) groups excluding carboxylic acids is 1. The fourth-order valence-electron chi connectivity index (χ4n) is 2.78. The van der Waals surface area contributed by atoms with Crippen LogP contribution in [0.3, 0.4) is 0 Å². The summed E-state index contributed by atoms with van der Waals surface area (Å²) < 4.78 is 42.0.